The minimum absolute atomic E-state index is 0.0118. The van der Waals surface area contributed by atoms with E-state index >= 15 is 0 Å². The monoisotopic (exact) mass is 866 g/mol. The Bertz CT molecular complexity index is 2320. The molecule has 6 heterocycles. The summed E-state index contributed by atoms with van der Waals surface area (Å²) in [5.74, 6) is -1.16. The summed E-state index contributed by atoms with van der Waals surface area (Å²) in [6.45, 7) is 6.01. The van der Waals surface area contributed by atoms with Crippen molar-refractivity contribution in [1.29, 1.82) is 0 Å². The fourth-order valence-electron chi connectivity index (χ4n) is 11.4. The van der Waals surface area contributed by atoms with E-state index in [9.17, 15) is 29.4 Å². The van der Waals surface area contributed by atoms with Crippen molar-refractivity contribution in [2.45, 2.75) is 115 Å². The van der Waals surface area contributed by atoms with Gasteiger partial charge in [-0.05, 0) is 87.8 Å². The number of allylic oxidation sites excluding steroid dienone is 2. The quantitative estimate of drug-likeness (QED) is 0.148. The average Bonchev–Trinajstić information content (AvgIpc) is 3.61. The van der Waals surface area contributed by atoms with Crippen LogP contribution in [0, 0.1) is 23.7 Å². The van der Waals surface area contributed by atoms with Crippen LogP contribution >= 0.6 is 0 Å². The second kappa shape index (κ2) is 19.0. The molecule has 336 valence electrons. The Hall–Kier alpha value is -5.40. The third-order valence-corrected chi connectivity index (χ3v) is 15.0. The Kier molecular flexibility index (Phi) is 13.0. The Balaban J connectivity index is 0.000000162. The van der Waals surface area contributed by atoms with E-state index in [1.54, 1.807) is 0 Å². The van der Waals surface area contributed by atoms with Gasteiger partial charge in [0.25, 0.3) is 11.1 Å². The molecule has 4 aromatic rings. The average molecular weight is 867 g/mol. The summed E-state index contributed by atoms with van der Waals surface area (Å²) >= 11 is 0. The van der Waals surface area contributed by atoms with Crippen molar-refractivity contribution in [3.63, 3.8) is 0 Å². The third-order valence-electron chi connectivity index (χ3n) is 15.0. The Labute approximate surface area is 375 Å². The highest BCUT2D eigenvalue weighted by Crippen LogP contribution is 2.50. The van der Waals surface area contributed by atoms with Crippen LogP contribution in [0.5, 0.6) is 0 Å². The lowest BCUT2D eigenvalue weighted by Crippen LogP contribution is -2.47. The largest absolute Gasteiger partial charge is 0.396 e. The molecular formula is C52H62N6O6. The molecule has 2 aliphatic carbocycles. The lowest BCUT2D eigenvalue weighted by atomic mass is 9.85. The van der Waals surface area contributed by atoms with E-state index in [2.05, 4.69) is 44.7 Å². The summed E-state index contributed by atoms with van der Waals surface area (Å²) < 4.78 is 3.68. The van der Waals surface area contributed by atoms with Crippen molar-refractivity contribution in [2.75, 3.05) is 13.2 Å². The van der Waals surface area contributed by atoms with Crippen LogP contribution in [-0.4, -0.2) is 78.3 Å². The molecule has 6 aliphatic rings. The number of aromatic nitrogens is 2. The third kappa shape index (κ3) is 8.14. The van der Waals surface area contributed by atoms with E-state index < -0.39 is 0 Å². The van der Waals surface area contributed by atoms with Gasteiger partial charge in [-0.25, -0.2) is 0 Å². The SMILES string of the molecule is C/C=C/c1ccc2n(c1=O)C[C@@H]1[C@@H](CO)[C@H](C(=O)NC3CCC3)[C@H]2N1Cc1ccccc1.C/C=C\c1ccc2n(c1=O)C[C@@H]1[C@@H](CO)[C@H](C(=O)NC3CCC3)[C@H]2N1Cc1ccccc1. The number of nitrogens with zero attached hydrogens (tertiary/aromatic N) is 4. The number of fused-ring (bicyclic) bond motifs is 8. The van der Waals surface area contributed by atoms with Crippen LogP contribution in [0.1, 0.15) is 98.1 Å². The topological polar surface area (TPSA) is 149 Å². The second-order valence-electron chi connectivity index (χ2n) is 18.6. The Morgan fingerprint density at radius 1 is 0.594 bits per heavy atom. The number of rotatable bonds is 12. The fraction of sp³-hybridized carbons (Fsp3) is 0.462. The summed E-state index contributed by atoms with van der Waals surface area (Å²) in [7, 11) is 0. The van der Waals surface area contributed by atoms with E-state index in [0.717, 1.165) is 49.9 Å². The maximum atomic E-state index is 13.5. The van der Waals surface area contributed by atoms with Crippen molar-refractivity contribution in [1.82, 2.24) is 29.6 Å². The number of hydrogen-bond acceptors (Lipinski definition) is 8. The molecule has 0 unspecified atom stereocenters. The van der Waals surface area contributed by atoms with Gasteiger partial charge in [-0.1, -0.05) is 85.0 Å². The number of pyridine rings is 2. The van der Waals surface area contributed by atoms with Gasteiger partial charge in [-0.3, -0.25) is 29.0 Å². The molecule has 2 saturated heterocycles. The highest BCUT2D eigenvalue weighted by Gasteiger charge is 2.57. The van der Waals surface area contributed by atoms with Crippen LogP contribution in [-0.2, 0) is 35.8 Å². The summed E-state index contributed by atoms with van der Waals surface area (Å²) in [5.41, 5.74) is 5.35. The van der Waals surface area contributed by atoms with Crippen LogP contribution in [0.15, 0.2) is 107 Å². The van der Waals surface area contributed by atoms with E-state index in [0.29, 0.717) is 37.3 Å². The summed E-state index contributed by atoms with van der Waals surface area (Å²) in [6, 6.07) is 28.0. The molecule has 4 bridgehead atoms. The number of aliphatic hydroxyl groups is 2. The molecule has 4 fully saturated rings. The first kappa shape index (κ1) is 43.8. The number of benzene rings is 2. The zero-order valence-corrected chi connectivity index (χ0v) is 37.0. The molecule has 12 nitrogen and oxygen atoms in total. The van der Waals surface area contributed by atoms with E-state index in [1.807, 2.05) is 108 Å². The van der Waals surface area contributed by atoms with Gasteiger partial charge in [0.15, 0.2) is 0 Å². The molecule has 2 saturated carbocycles. The summed E-state index contributed by atoms with van der Waals surface area (Å²) in [4.78, 5) is 58.1. The first-order valence-electron chi connectivity index (χ1n) is 23.4. The highest BCUT2D eigenvalue weighted by molar-refractivity contribution is 5.82. The van der Waals surface area contributed by atoms with Crippen molar-refractivity contribution in [3.05, 3.63) is 151 Å². The highest BCUT2D eigenvalue weighted by atomic mass is 16.3. The predicted octanol–water partition coefficient (Wildman–Crippen LogP) is 5.43. The van der Waals surface area contributed by atoms with E-state index in [1.165, 1.54) is 11.1 Å². The standard InChI is InChI=1S/2C26H31N3O3/c2*1-2-7-18-12-13-21-24-23(25(31)27-19-10-6-11-19)20(16-30)22(15-29(21)26(18)32)28(24)14-17-8-4-3-5-9-17/h2*2-5,7-9,12-13,19-20,22-24,30H,6,10-11,14-16H2,1H3,(H,27,31)/b7-2+;7-2-/t2*20-,22-,23+,24+/m11/s1. The number of hydrogen-bond donors (Lipinski definition) is 4. The molecule has 12 heteroatoms. The smallest absolute Gasteiger partial charge is 0.258 e. The van der Waals surface area contributed by atoms with Crippen LogP contribution in [0.25, 0.3) is 12.2 Å². The molecule has 2 aromatic carbocycles. The van der Waals surface area contributed by atoms with Crippen LogP contribution in [0.2, 0.25) is 0 Å². The van der Waals surface area contributed by atoms with Crippen LogP contribution < -0.4 is 21.8 Å². The molecule has 64 heavy (non-hydrogen) atoms. The lowest BCUT2D eigenvalue weighted by molar-refractivity contribution is -0.129. The van der Waals surface area contributed by atoms with Crippen molar-refractivity contribution >= 4 is 24.0 Å². The summed E-state index contributed by atoms with van der Waals surface area (Å²) in [5, 5.41) is 27.2. The zero-order valence-electron chi connectivity index (χ0n) is 37.0. The van der Waals surface area contributed by atoms with E-state index in [-0.39, 0.29) is 96.1 Å². The lowest BCUT2D eigenvalue weighted by Gasteiger charge is -2.38. The molecule has 2 amide bonds. The maximum Gasteiger partial charge on any atom is 0.258 e. The normalized spacial score (nSPS) is 27.3. The predicted molar refractivity (Wildman–Crippen MR) is 248 cm³/mol. The molecule has 10 rings (SSSR count). The number of carbonyl (C=O) groups excluding carboxylic acids is 2. The first-order valence-corrected chi connectivity index (χ1v) is 23.4. The van der Waals surface area contributed by atoms with Gasteiger partial charge in [0, 0.05) is 97.9 Å². The molecule has 0 spiro atoms. The molecular weight excluding hydrogens is 805 g/mol. The van der Waals surface area contributed by atoms with Gasteiger partial charge in [-0.15, -0.1) is 0 Å². The van der Waals surface area contributed by atoms with Crippen molar-refractivity contribution < 1.29 is 19.8 Å². The molecule has 2 aromatic heterocycles. The second-order valence-corrected chi connectivity index (χ2v) is 18.6. The summed E-state index contributed by atoms with van der Waals surface area (Å²) in [6.07, 6.45) is 13.8. The molecule has 0 radical (unpaired) electrons. The van der Waals surface area contributed by atoms with Gasteiger partial charge in [0.2, 0.25) is 11.8 Å². The number of carbonyl (C=O) groups is 2. The minimum Gasteiger partial charge on any atom is -0.396 e. The Morgan fingerprint density at radius 2 is 0.984 bits per heavy atom. The van der Waals surface area contributed by atoms with E-state index in [4.69, 9.17) is 0 Å². The Morgan fingerprint density at radius 3 is 1.31 bits per heavy atom. The van der Waals surface area contributed by atoms with Gasteiger partial charge in [0.05, 0.1) is 23.9 Å². The molecule has 8 atom stereocenters. The fourth-order valence-corrected chi connectivity index (χ4v) is 11.4. The van der Waals surface area contributed by atoms with Gasteiger partial charge in [0.1, 0.15) is 0 Å². The number of aliphatic hydroxyl groups excluding tert-OH is 2. The van der Waals surface area contributed by atoms with Crippen molar-refractivity contribution in [3.8, 4) is 0 Å². The van der Waals surface area contributed by atoms with Crippen molar-refractivity contribution in [2.24, 2.45) is 23.7 Å². The van der Waals surface area contributed by atoms with Crippen LogP contribution in [0.4, 0.5) is 0 Å². The van der Waals surface area contributed by atoms with Crippen LogP contribution in [0.3, 0.4) is 0 Å². The minimum atomic E-state index is -0.380. The van der Waals surface area contributed by atoms with Gasteiger partial charge in [-0.2, -0.15) is 0 Å². The zero-order chi connectivity index (χ0) is 44.5. The number of amides is 2. The molecule has 4 aliphatic heterocycles. The maximum absolute atomic E-state index is 13.5. The van der Waals surface area contributed by atoms with Gasteiger partial charge < -0.3 is 30.0 Å². The molecule has 4 N–H and O–H groups in total. The van der Waals surface area contributed by atoms with Gasteiger partial charge >= 0.3 is 0 Å². The number of nitrogens with one attached hydrogen (secondary N) is 2. The first-order chi connectivity index (χ1) is 31.2.